The summed E-state index contributed by atoms with van der Waals surface area (Å²) in [6, 6.07) is 13.0. The number of nitrogens with one attached hydrogen (secondary N) is 2. The summed E-state index contributed by atoms with van der Waals surface area (Å²) in [4.78, 5) is 26.8. The summed E-state index contributed by atoms with van der Waals surface area (Å²) < 4.78 is 31.3. The summed E-state index contributed by atoms with van der Waals surface area (Å²) in [7, 11) is -0.380. The van der Waals surface area contributed by atoms with Crippen molar-refractivity contribution in [3.8, 4) is 5.75 Å². The topological polar surface area (TPSA) is 143 Å². The number of likely N-dealkylation sites (tertiary alicyclic amines) is 1. The van der Waals surface area contributed by atoms with Crippen LogP contribution in [0.2, 0.25) is 5.02 Å². The van der Waals surface area contributed by atoms with Crippen molar-refractivity contribution in [1.82, 2.24) is 19.8 Å². The number of para-hydroxylation sites is 2. The Kier molecular flexibility index (Phi) is 10.7. The lowest BCUT2D eigenvalue weighted by molar-refractivity contribution is -0.138. The number of hydrogen-bond acceptors (Lipinski definition) is 11. The first-order valence-electron chi connectivity index (χ1n) is 15.2. The lowest BCUT2D eigenvalue weighted by atomic mass is 9.96. The number of carbonyl (C=O) groups is 1. The summed E-state index contributed by atoms with van der Waals surface area (Å²) >= 11 is 6.42. The second-order valence-corrected chi connectivity index (χ2v) is 14.1. The number of halogens is 1. The third-order valence-electron chi connectivity index (χ3n) is 8.49. The minimum Gasteiger partial charge on any atom is -0.494 e. The highest BCUT2D eigenvalue weighted by Crippen LogP contribution is 2.34. The average molecular weight is 673 g/mol. The van der Waals surface area contributed by atoms with Crippen LogP contribution in [0.4, 0.5) is 34.5 Å². The van der Waals surface area contributed by atoms with Gasteiger partial charge in [-0.1, -0.05) is 23.7 Å². The molecule has 3 heterocycles. The number of sulfonamides is 1. The minimum absolute atomic E-state index is 0.135. The first kappa shape index (κ1) is 33.5. The molecule has 0 spiro atoms. The highest BCUT2D eigenvalue weighted by atomic mass is 35.5. The lowest BCUT2D eigenvalue weighted by Crippen LogP contribution is -2.49. The number of hydrogen-bond donors (Lipinski definition) is 3. The molecule has 2 aliphatic rings. The van der Waals surface area contributed by atoms with E-state index < -0.39 is 16.0 Å². The zero-order chi connectivity index (χ0) is 32.8. The average Bonchev–Trinajstić information content (AvgIpc) is 3.03. The molecule has 0 aliphatic carbocycles. The summed E-state index contributed by atoms with van der Waals surface area (Å²) in [5.41, 5.74) is 2.72. The Morgan fingerprint density at radius 2 is 1.76 bits per heavy atom. The van der Waals surface area contributed by atoms with E-state index in [1.54, 1.807) is 31.4 Å². The Labute approximate surface area is 275 Å². The second-order valence-electron chi connectivity index (χ2n) is 11.7. The van der Waals surface area contributed by atoms with Gasteiger partial charge < -0.3 is 25.4 Å². The number of methoxy groups -OCH3 is 1. The van der Waals surface area contributed by atoms with Gasteiger partial charge in [0, 0.05) is 51.5 Å². The van der Waals surface area contributed by atoms with Crippen molar-refractivity contribution in [3.63, 3.8) is 0 Å². The van der Waals surface area contributed by atoms with Gasteiger partial charge in [0.05, 0.1) is 43.2 Å². The van der Waals surface area contributed by atoms with Gasteiger partial charge in [0.2, 0.25) is 16.0 Å². The number of anilines is 6. The standard InChI is InChI=1S/C31H41ClN8O5S/c1-37(46(3,43)44)27-7-5-4-6-25(27)34-30-24(32)19-33-31(36-30)35-26-9-8-23(18-28(26)45-2)40-16-14-39(15-17-40)20-22-10-12-38(13-11-22)21-29(41)42/h4-9,18-19,22H,10-17,20-21H2,1-3H3,(H,41,42)(H2,33,34,35,36). The van der Waals surface area contributed by atoms with Crippen molar-refractivity contribution in [2.75, 3.05) is 92.6 Å². The van der Waals surface area contributed by atoms with Crippen LogP contribution in [-0.4, -0.2) is 112 Å². The van der Waals surface area contributed by atoms with Gasteiger partial charge >= 0.3 is 5.97 Å². The van der Waals surface area contributed by atoms with Crippen LogP contribution >= 0.6 is 11.6 Å². The van der Waals surface area contributed by atoms with Crippen molar-refractivity contribution in [2.45, 2.75) is 12.8 Å². The molecular weight excluding hydrogens is 632 g/mol. The molecule has 3 N–H and O–H groups in total. The smallest absolute Gasteiger partial charge is 0.317 e. The van der Waals surface area contributed by atoms with E-state index in [-0.39, 0.29) is 17.5 Å². The molecule has 0 bridgehead atoms. The maximum absolute atomic E-state index is 12.2. The van der Waals surface area contributed by atoms with Crippen LogP contribution in [0.3, 0.4) is 0 Å². The number of rotatable bonds is 12. The summed E-state index contributed by atoms with van der Waals surface area (Å²) in [6.45, 7) is 6.64. The molecule has 2 saturated heterocycles. The highest BCUT2D eigenvalue weighted by Gasteiger charge is 2.25. The van der Waals surface area contributed by atoms with Gasteiger partial charge in [-0.25, -0.2) is 13.4 Å². The zero-order valence-corrected chi connectivity index (χ0v) is 27.9. The Hall–Kier alpha value is -3.85. The summed E-state index contributed by atoms with van der Waals surface area (Å²) in [5, 5.41) is 15.7. The van der Waals surface area contributed by atoms with Gasteiger partial charge in [-0.2, -0.15) is 4.98 Å². The van der Waals surface area contributed by atoms with E-state index in [0.717, 1.165) is 70.6 Å². The number of piperazine rings is 1. The zero-order valence-electron chi connectivity index (χ0n) is 26.3. The SMILES string of the molecule is COc1cc(N2CCN(CC3CCN(CC(=O)O)CC3)CC2)ccc1Nc1ncc(Cl)c(Nc2ccccc2N(C)S(C)(=O)=O)n1. The summed E-state index contributed by atoms with van der Waals surface area (Å²) in [6.07, 6.45) is 4.70. The fraction of sp³-hybridized carbons (Fsp3) is 0.452. The van der Waals surface area contributed by atoms with Crippen LogP contribution in [0.5, 0.6) is 5.75 Å². The van der Waals surface area contributed by atoms with E-state index in [0.29, 0.717) is 34.5 Å². The van der Waals surface area contributed by atoms with E-state index in [2.05, 4.69) is 30.4 Å². The van der Waals surface area contributed by atoms with Crippen molar-refractivity contribution in [3.05, 3.63) is 53.7 Å². The minimum atomic E-state index is -3.48. The molecule has 0 amide bonds. The predicted octanol–water partition coefficient (Wildman–Crippen LogP) is 3.94. The fourth-order valence-corrected chi connectivity index (χ4v) is 6.50. The highest BCUT2D eigenvalue weighted by molar-refractivity contribution is 7.92. The Morgan fingerprint density at radius 3 is 2.43 bits per heavy atom. The van der Waals surface area contributed by atoms with Crippen LogP contribution in [0.25, 0.3) is 0 Å². The predicted molar refractivity (Wildman–Crippen MR) is 182 cm³/mol. The molecule has 0 radical (unpaired) electrons. The van der Waals surface area contributed by atoms with E-state index in [1.807, 2.05) is 23.1 Å². The quantitative estimate of drug-likeness (QED) is 0.256. The number of carboxylic acid groups (broad SMARTS) is 1. The van der Waals surface area contributed by atoms with Crippen LogP contribution in [0, 0.1) is 5.92 Å². The number of aliphatic carboxylic acids is 1. The van der Waals surface area contributed by atoms with Crippen LogP contribution in [0.15, 0.2) is 48.7 Å². The molecule has 2 fully saturated rings. The van der Waals surface area contributed by atoms with Gasteiger partial charge in [-0.05, 0) is 56.1 Å². The maximum atomic E-state index is 12.2. The third-order valence-corrected chi connectivity index (χ3v) is 9.96. The van der Waals surface area contributed by atoms with Crippen LogP contribution < -0.4 is 24.6 Å². The lowest BCUT2D eigenvalue weighted by Gasteiger charge is -2.39. The molecule has 3 aromatic rings. The third kappa shape index (κ3) is 8.49. The van der Waals surface area contributed by atoms with Crippen molar-refractivity contribution in [2.24, 2.45) is 5.92 Å². The van der Waals surface area contributed by atoms with E-state index in [9.17, 15) is 13.2 Å². The number of benzene rings is 2. The van der Waals surface area contributed by atoms with E-state index in [4.69, 9.17) is 21.4 Å². The molecule has 1 aromatic heterocycles. The number of piperidine rings is 1. The molecule has 13 nitrogen and oxygen atoms in total. The van der Waals surface area contributed by atoms with Gasteiger partial charge in [0.15, 0.2) is 5.82 Å². The Bertz CT molecular complexity index is 1630. The Morgan fingerprint density at radius 1 is 1.04 bits per heavy atom. The van der Waals surface area contributed by atoms with Crippen molar-refractivity contribution >= 4 is 62.1 Å². The first-order chi connectivity index (χ1) is 22.0. The van der Waals surface area contributed by atoms with E-state index >= 15 is 0 Å². The van der Waals surface area contributed by atoms with Crippen LogP contribution in [0.1, 0.15) is 12.8 Å². The molecule has 15 heteroatoms. The Balaban J connectivity index is 1.20. The molecule has 5 rings (SSSR count). The van der Waals surface area contributed by atoms with Gasteiger partial charge in [-0.3, -0.25) is 18.9 Å². The van der Waals surface area contributed by atoms with Crippen molar-refractivity contribution in [1.29, 1.82) is 0 Å². The van der Waals surface area contributed by atoms with Crippen LogP contribution in [-0.2, 0) is 14.8 Å². The molecule has 2 aromatic carbocycles. The maximum Gasteiger partial charge on any atom is 0.317 e. The number of carboxylic acids is 1. The van der Waals surface area contributed by atoms with E-state index in [1.165, 1.54) is 17.5 Å². The number of aromatic nitrogens is 2. The molecule has 0 unspecified atom stereocenters. The molecule has 46 heavy (non-hydrogen) atoms. The van der Waals surface area contributed by atoms with Gasteiger partial charge in [-0.15, -0.1) is 0 Å². The molecule has 2 aliphatic heterocycles. The fourth-order valence-electron chi connectivity index (χ4n) is 5.85. The van der Waals surface area contributed by atoms with Gasteiger partial charge in [0.1, 0.15) is 10.8 Å². The largest absolute Gasteiger partial charge is 0.494 e. The molecule has 0 saturated carbocycles. The molecular formula is C31H41ClN8O5S. The first-order valence-corrected chi connectivity index (χ1v) is 17.4. The molecule has 248 valence electrons. The normalized spacial score (nSPS) is 16.7. The number of ether oxygens (including phenoxy) is 1. The van der Waals surface area contributed by atoms with Crippen molar-refractivity contribution < 1.29 is 23.1 Å². The summed E-state index contributed by atoms with van der Waals surface area (Å²) in [5.74, 6) is 1.09. The van der Waals surface area contributed by atoms with Gasteiger partial charge in [0.25, 0.3) is 0 Å². The second kappa shape index (κ2) is 14.7. The monoisotopic (exact) mass is 672 g/mol. The molecule has 0 atom stereocenters. The number of nitrogens with zero attached hydrogens (tertiary/aromatic N) is 6.